The quantitative estimate of drug-likeness (QED) is 0.575. The Morgan fingerprint density at radius 3 is 2.64 bits per heavy atom. The predicted octanol–water partition coefficient (Wildman–Crippen LogP) is 3.39. The smallest absolute Gasteiger partial charge is 0.140 e. The number of carbonyl (C=O) groups is 1. The van der Waals surface area contributed by atoms with Gasteiger partial charge in [0.25, 0.3) is 0 Å². The van der Waals surface area contributed by atoms with Gasteiger partial charge >= 0.3 is 0 Å². The minimum absolute atomic E-state index is 0.462. The average molecular weight is 231 g/mol. The van der Waals surface area contributed by atoms with Gasteiger partial charge in [-0.25, -0.2) is 0 Å². The molecule has 1 aromatic rings. The molecule has 0 bridgehead atoms. The fourth-order valence-electron chi connectivity index (χ4n) is 1.28. The number of hydrogen-bond donors (Lipinski definition) is 0. The van der Waals surface area contributed by atoms with E-state index in [1.165, 1.54) is 0 Å². The Kier molecular flexibility index (Phi) is 3.57. The number of alkyl halides is 1. The van der Waals surface area contributed by atoms with Gasteiger partial charge in [0.05, 0.1) is 0 Å². The van der Waals surface area contributed by atoms with Crippen LogP contribution in [0.4, 0.5) is 0 Å². The van der Waals surface area contributed by atoms with Crippen molar-refractivity contribution in [3.8, 4) is 0 Å². The van der Waals surface area contributed by atoms with Crippen molar-refractivity contribution in [2.45, 2.75) is 25.1 Å². The number of rotatable bonds is 3. The summed E-state index contributed by atoms with van der Waals surface area (Å²) in [5.41, 5.74) is 2.00. The highest BCUT2D eigenvalue weighted by Crippen LogP contribution is 2.26. The van der Waals surface area contributed by atoms with Crippen LogP contribution in [0.3, 0.4) is 0 Å². The molecule has 0 spiro atoms. The Balaban J connectivity index is 3.02. The Morgan fingerprint density at radius 2 is 2.14 bits per heavy atom. The SMILES string of the molecule is Cc1cccc(Cl)c1CC(C)(Cl)C=O. The van der Waals surface area contributed by atoms with Crippen LogP contribution in [-0.2, 0) is 11.2 Å². The van der Waals surface area contributed by atoms with Gasteiger partial charge < -0.3 is 4.79 Å². The molecule has 76 valence electrons. The van der Waals surface area contributed by atoms with Crippen LogP contribution in [-0.4, -0.2) is 11.2 Å². The largest absolute Gasteiger partial charge is 0.301 e. The lowest BCUT2D eigenvalue weighted by molar-refractivity contribution is -0.109. The molecule has 0 N–H and O–H groups in total. The van der Waals surface area contributed by atoms with Crippen molar-refractivity contribution in [3.63, 3.8) is 0 Å². The van der Waals surface area contributed by atoms with E-state index in [1.54, 1.807) is 6.92 Å². The average Bonchev–Trinajstić information content (AvgIpc) is 2.12. The second-order valence-corrected chi connectivity index (χ2v) is 4.88. The second kappa shape index (κ2) is 4.33. The molecule has 0 amide bonds. The van der Waals surface area contributed by atoms with Crippen LogP contribution in [0.5, 0.6) is 0 Å². The summed E-state index contributed by atoms with van der Waals surface area (Å²) in [6.07, 6.45) is 1.21. The first kappa shape index (κ1) is 11.5. The summed E-state index contributed by atoms with van der Waals surface area (Å²) in [6.45, 7) is 3.64. The van der Waals surface area contributed by atoms with E-state index in [9.17, 15) is 4.79 Å². The van der Waals surface area contributed by atoms with E-state index in [-0.39, 0.29) is 0 Å². The molecule has 1 aromatic carbocycles. The molecule has 0 heterocycles. The molecule has 0 aliphatic heterocycles. The van der Waals surface area contributed by atoms with Crippen molar-refractivity contribution in [2.75, 3.05) is 0 Å². The number of carbonyl (C=O) groups excluding carboxylic acids is 1. The van der Waals surface area contributed by atoms with Gasteiger partial charge in [-0.05, 0) is 37.5 Å². The van der Waals surface area contributed by atoms with E-state index in [2.05, 4.69) is 0 Å². The van der Waals surface area contributed by atoms with E-state index in [1.807, 2.05) is 25.1 Å². The fourth-order valence-corrected chi connectivity index (χ4v) is 1.70. The zero-order valence-electron chi connectivity index (χ0n) is 8.18. The molecule has 0 aliphatic carbocycles. The summed E-state index contributed by atoms with van der Waals surface area (Å²) in [6, 6.07) is 5.65. The highest BCUT2D eigenvalue weighted by molar-refractivity contribution is 6.33. The molecule has 3 heteroatoms. The van der Waals surface area contributed by atoms with Gasteiger partial charge in [0.2, 0.25) is 0 Å². The molecule has 0 aromatic heterocycles. The van der Waals surface area contributed by atoms with Crippen LogP contribution >= 0.6 is 23.2 Å². The van der Waals surface area contributed by atoms with Gasteiger partial charge in [-0.1, -0.05) is 23.7 Å². The van der Waals surface area contributed by atoms with Gasteiger partial charge in [-0.2, -0.15) is 0 Å². The summed E-state index contributed by atoms with van der Waals surface area (Å²) in [7, 11) is 0. The lowest BCUT2D eigenvalue weighted by Gasteiger charge is -2.16. The van der Waals surface area contributed by atoms with E-state index < -0.39 is 4.87 Å². The molecular formula is C11H12Cl2O. The predicted molar refractivity (Wildman–Crippen MR) is 60.2 cm³/mol. The van der Waals surface area contributed by atoms with Crippen LogP contribution in [0.2, 0.25) is 5.02 Å². The first-order valence-corrected chi connectivity index (χ1v) is 5.11. The van der Waals surface area contributed by atoms with E-state index in [0.29, 0.717) is 11.4 Å². The minimum Gasteiger partial charge on any atom is -0.301 e. The Labute approximate surface area is 94.0 Å². The number of halogens is 2. The molecule has 1 atom stereocenters. The number of aryl methyl sites for hydroxylation is 1. The van der Waals surface area contributed by atoms with Crippen molar-refractivity contribution < 1.29 is 4.79 Å². The minimum atomic E-state index is -0.865. The third-order valence-electron chi connectivity index (χ3n) is 2.12. The van der Waals surface area contributed by atoms with E-state index in [4.69, 9.17) is 23.2 Å². The van der Waals surface area contributed by atoms with Gasteiger partial charge in [0.15, 0.2) is 0 Å². The fraction of sp³-hybridized carbons (Fsp3) is 0.364. The molecule has 0 saturated heterocycles. The van der Waals surface area contributed by atoms with E-state index in [0.717, 1.165) is 17.4 Å². The highest BCUT2D eigenvalue weighted by atomic mass is 35.5. The molecule has 0 radical (unpaired) electrons. The third kappa shape index (κ3) is 2.73. The van der Waals surface area contributed by atoms with Gasteiger partial charge in [-0.15, -0.1) is 11.6 Å². The van der Waals surface area contributed by atoms with Gasteiger partial charge in [0, 0.05) is 5.02 Å². The maximum absolute atomic E-state index is 10.7. The zero-order valence-corrected chi connectivity index (χ0v) is 9.69. The van der Waals surface area contributed by atoms with Crippen molar-refractivity contribution in [2.24, 2.45) is 0 Å². The topological polar surface area (TPSA) is 17.1 Å². The number of hydrogen-bond acceptors (Lipinski definition) is 1. The van der Waals surface area contributed by atoms with Crippen molar-refractivity contribution in [3.05, 3.63) is 34.3 Å². The van der Waals surface area contributed by atoms with Crippen LogP contribution in [0, 0.1) is 6.92 Å². The normalized spacial score (nSPS) is 14.9. The Bertz CT molecular complexity index is 325. The molecule has 14 heavy (non-hydrogen) atoms. The maximum atomic E-state index is 10.7. The molecule has 1 nitrogen and oxygen atoms in total. The van der Waals surface area contributed by atoms with Crippen molar-refractivity contribution in [1.29, 1.82) is 0 Å². The summed E-state index contributed by atoms with van der Waals surface area (Å²) in [4.78, 5) is 9.81. The maximum Gasteiger partial charge on any atom is 0.140 e. The van der Waals surface area contributed by atoms with Crippen molar-refractivity contribution >= 4 is 29.5 Å². The molecular weight excluding hydrogens is 219 g/mol. The van der Waals surface area contributed by atoms with Gasteiger partial charge in [0.1, 0.15) is 11.2 Å². The zero-order chi connectivity index (χ0) is 10.8. The van der Waals surface area contributed by atoms with E-state index >= 15 is 0 Å². The molecule has 0 fully saturated rings. The van der Waals surface area contributed by atoms with Crippen LogP contribution in [0.15, 0.2) is 18.2 Å². The first-order valence-electron chi connectivity index (χ1n) is 4.35. The number of benzene rings is 1. The molecule has 0 saturated carbocycles. The molecule has 0 aliphatic rings. The standard InChI is InChI=1S/C11H12Cl2O/c1-8-4-3-5-10(12)9(8)6-11(2,13)7-14/h3-5,7H,6H2,1-2H3. The second-order valence-electron chi connectivity index (χ2n) is 3.61. The Morgan fingerprint density at radius 1 is 1.50 bits per heavy atom. The van der Waals surface area contributed by atoms with Crippen LogP contribution in [0.1, 0.15) is 18.1 Å². The highest BCUT2D eigenvalue weighted by Gasteiger charge is 2.22. The monoisotopic (exact) mass is 230 g/mol. The van der Waals surface area contributed by atoms with Gasteiger partial charge in [-0.3, -0.25) is 0 Å². The molecule has 1 rings (SSSR count). The summed E-state index contributed by atoms with van der Waals surface area (Å²) in [5.74, 6) is 0. The molecule has 1 unspecified atom stereocenters. The van der Waals surface area contributed by atoms with Crippen LogP contribution in [0.25, 0.3) is 0 Å². The summed E-state index contributed by atoms with van der Waals surface area (Å²) >= 11 is 12.0. The lowest BCUT2D eigenvalue weighted by Crippen LogP contribution is -2.22. The summed E-state index contributed by atoms with van der Waals surface area (Å²) in [5, 5.41) is 0.665. The summed E-state index contributed by atoms with van der Waals surface area (Å²) < 4.78 is 0. The van der Waals surface area contributed by atoms with Crippen molar-refractivity contribution in [1.82, 2.24) is 0 Å². The van der Waals surface area contributed by atoms with Crippen LogP contribution < -0.4 is 0 Å². The first-order chi connectivity index (χ1) is 6.46. The Hall–Kier alpha value is -0.530. The number of aldehydes is 1. The lowest BCUT2D eigenvalue weighted by atomic mass is 9.98. The third-order valence-corrected chi connectivity index (χ3v) is 2.70.